The van der Waals surface area contributed by atoms with E-state index in [1.165, 1.54) is 0 Å². The number of nitrogens with one attached hydrogen (secondary N) is 1. The highest BCUT2D eigenvalue weighted by molar-refractivity contribution is 5.75. The van der Waals surface area contributed by atoms with Crippen molar-refractivity contribution < 1.29 is 9.90 Å². The number of pyridine rings is 1. The fourth-order valence-corrected chi connectivity index (χ4v) is 2.90. The summed E-state index contributed by atoms with van der Waals surface area (Å²) in [6, 6.07) is 14.3. The van der Waals surface area contributed by atoms with E-state index in [0.717, 1.165) is 42.9 Å². The molecule has 1 aliphatic rings. The van der Waals surface area contributed by atoms with E-state index >= 15 is 0 Å². The molecule has 5 heteroatoms. The molecule has 1 aromatic carbocycles. The Labute approximate surface area is 129 Å². The van der Waals surface area contributed by atoms with Crippen LogP contribution in [0.15, 0.2) is 48.7 Å². The molecule has 0 aliphatic carbocycles. The van der Waals surface area contributed by atoms with E-state index in [9.17, 15) is 4.79 Å². The molecule has 1 aliphatic heterocycles. The number of amides is 1. The minimum atomic E-state index is -0.943. The predicted molar refractivity (Wildman–Crippen MR) is 86.1 cm³/mol. The van der Waals surface area contributed by atoms with Crippen LogP contribution in [-0.2, 0) is 0 Å². The van der Waals surface area contributed by atoms with Gasteiger partial charge in [0, 0.05) is 30.9 Å². The van der Waals surface area contributed by atoms with Gasteiger partial charge in [-0.05, 0) is 30.5 Å². The van der Waals surface area contributed by atoms with Gasteiger partial charge >= 0.3 is 6.09 Å². The highest BCUT2D eigenvalue weighted by atomic mass is 16.4. The summed E-state index contributed by atoms with van der Waals surface area (Å²) in [4.78, 5) is 17.5. The maximum absolute atomic E-state index is 10.7. The molecule has 0 atom stereocenters. The second-order valence-electron chi connectivity index (χ2n) is 5.45. The van der Waals surface area contributed by atoms with Crippen LogP contribution in [0.1, 0.15) is 12.8 Å². The number of carbonyl (C=O) groups is 1. The molecule has 0 saturated carbocycles. The average molecular weight is 297 g/mol. The van der Waals surface area contributed by atoms with Crippen LogP contribution in [0.2, 0.25) is 0 Å². The van der Waals surface area contributed by atoms with Crippen molar-refractivity contribution in [2.75, 3.05) is 18.0 Å². The molecule has 114 valence electrons. The first-order chi connectivity index (χ1) is 10.7. The number of hydrogen-bond acceptors (Lipinski definition) is 3. The molecule has 2 heterocycles. The predicted octanol–water partition coefficient (Wildman–Crippen LogP) is 2.99. The first kappa shape index (κ1) is 14.4. The SMILES string of the molecule is O=C(O)NC1CCN(c2ncccc2-c2ccccc2)CC1. The Hall–Kier alpha value is -2.56. The number of nitrogens with zero attached hydrogens (tertiary/aromatic N) is 2. The van der Waals surface area contributed by atoms with Crippen molar-refractivity contribution in [2.24, 2.45) is 0 Å². The zero-order chi connectivity index (χ0) is 15.4. The lowest BCUT2D eigenvalue weighted by Gasteiger charge is -2.33. The second-order valence-corrected chi connectivity index (χ2v) is 5.45. The van der Waals surface area contributed by atoms with Gasteiger partial charge < -0.3 is 15.3 Å². The van der Waals surface area contributed by atoms with Crippen LogP contribution in [0, 0.1) is 0 Å². The first-order valence-corrected chi connectivity index (χ1v) is 7.49. The Morgan fingerprint density at radius 2 is 1.86 bits per heavy atom. The van der Waals surface area contributed by atoms with Gasteiger partial charge in [-0.1, -0.05) is 30.3 Å². The summed E-state index contributed by atoms with van der Waals surface area (Å²) >= 11 is 0. The van der Waals surface area contributed by atoms with E-state index in [1.807, 2.05) is 30.5 Å². The van der Waals surface area contributed by atoms with Crippen LogP contribution in [0.3, 0.4) is 0 Å². The van der Waals surface area contributed by atoms with E-state index in [4.69, 9.17) is 5.11 Å². The molecule has 1 saturated heterocycles. The van der Waals surface area contributed by atoms with Gasteiger partial charge in [-0.3, -0.25) is 0 Å². The fourth-order valence-electron chi connectivity index (χ4n) is 2.90. The molecule has 0 radical (unpaired) electrons. The van der Waals surface area contributed by atoms with Crippen LogP contribution in [-0.4, -0.2) is 35.3 Å². The lowest BCUT2D eigenvalue weighted by Crippen LogP contribution is -2.44. The van der Waals surface area contributed by atoms with E-state index in [0.29, 0.717) is 0 Å². The Kier molecular flexibility index (Phi) is 4.23. The number of rotatable bonds is 3. The number of benzene rings is 1. The van der Waals surface area contributed by atoms with Crippen LogP contribution in [0.5, 0.6) is 0 Å². The van der Waals surface area contributed by atoms with Gasteiger partial charge in [0.05, 0.1) is 0 Å². The molecule has 3 rings (SSSR count). The van der Waals surface area contributed by atoms with Gasteiger partial charge in [0.1, 0.15) is 5.82 Å². The van der Waals surface area contributed by atoms with Crippen molar-refractivity contribution in [1.29, 1.82) is 0 Å². The normalized spacial score (nSPS) is 15.5. The summed E-state index contributed by atoms with van der Waals surface area (Å²) in [6.45, 7) is 1.61. The van der Waals surface area contributed by atoms with Gasteiger partial charge in [0.15, 0.2) is 0 Å². The number of carboxylic acid groups (broad SMARTS) is 1. The summed E-state index contributed by atoms with van der Waals surface area (Å²) in [7, 11) is 0. The van der Waals surface area contributed by atoms with Crippen molar-refractivity contribution in [3.63, 3.8) is 0 Å². The molecular weight excluding hydrogens is 278 g/mol. The molecular formula is C17H19N3O2. The standard InChI is InChI=1S/C17H19N3O2/c21-17(22)19-14-8-11-20(12-9-14)16-15(7-4-10-18-16)13-5-2-1-3-6-13/h1-7,10,14,19H,8-9,11-12H2,(H,21,22). The minimum Gasteiger partial charge on any atom is -0.465 e. The molecule has 1 fully saturated rings. The van der Waals surface area contributed by atoms with Crippen LogP contribution >= 0.6 is 0 Å². The molecule has 5 nitrogen and oxygen atoms in total. The summed E-state index contributed by atoms with van der Waals surface area (Å²) in [6.07, 6.45) is 2.47. The number of piperidine rings is 1. The van der Waals surface area contributed by atoms with Gasteiger partial charge in [-0.15, -0.1) is 0 Å². The maximum atomic E-state index is 10.7. The second kappa shape index (κ2) is 6.47. The van der Waals surface area contributed by atoms with Crippen molar-refractivity contribution >= 4 is 11.9 Å². The third kappa shape index (κ3) is 3.19. The molecule has 1 aromatic heterocycles. The van der Waals surface area contributed by atoms with Crippen molar-refractivity contribution in [1.82, 2.24) is 10.3 Å². The summed E-state index contributed by atoms with van der Waals surface area (Å²) < 4.78 is 0. The zero-order valence-electron chi connectivity index (χ0n) is 12.3. The van der Waals surface area contributed by atoms with Crippen molar-refractivity contribution in [2.45, 2.75) is 18.9 Å². The molecule has 0 bridgehead atoms. The van der Waals surface area contributed by atoms with Gasteiger partial charge in [-0.25, -0.2) is 9.78 Å². The third-order valence-corrected chi connectivity index (χ3v) is 3.99. The maximum Gasteiger partial charge on any atom is 0.404 e. The molecule has 0 spiro atoms. The molecule has 1 amide bonds. The zero-order valence-corrected chi connectivity index (χ0v) is 12.3. The lowest BCUT2D eigenvalue weighted by molar-refractivity contribution is 0.187. The molecule has 2 aromatic rings. The number of anilines is 1. The average Bonchev–Trinajstić information content (AvgIpc) is 2.56. The smallest absolute Gasteiger partial charge is 0.404 e. The molecule has 2 N–H and O–H groups in total. The molecule has 22 heavy (non-hydrogen) atoms. The number of hydrogen-bond donors (Lipinski definition) is 2. The monoisotopic (exact) mass is 297 g/mol. The van der Waals surface area contributed by atoms with E-state index in [2.05, 4.69) is 33.4 Å². The van der Waals surface area contributed by atoms with E-state index in [1.54, 1.807) is 0 Å². The minimum absolute atomic E-state index is 0.0395. The quantitative estimate of drug-likeness (QED) is 0.914. The first-order valence-electron chi connectivity index (χ1n) is 7.49. The lowest BCUT2D eigenvalue weighted by atomic mass is 10.0. The van der Waals surface area contributed by atoms with Crippen molar-refractivity contribution in [3.05, 3.63) is 48.7 Å². The Morgan fingerprint density at radius 3 is 2.55 bits per heavy atom. The van der Waals surface area contributed by atoms with Crippen molar-refractivity contribution in [3.8, 4) is 11.1 Å². The number of aromatic nitrogens is 1. The van der Waals surface area contributed by atoms with Crippen LogP contribution in [0.4, 0.5) is 10.6 Å². The highest BCUT2D eigenvalue weighted by Crippen LogP contribution is 2.30. The Morgan fingerprint density at radius 1 is 1.14 bits per heavy atom. The van der Waals surface area contributed by atoms with E-state index in [-0.39, 0.29) is 6.04 Å². The largest absolute Gasteiger partial charge is 0.465 e. The van der Waals surface area contributed by atoms with Gasteiger partial charge in [0.25, 0.3) is 0 Å². The third-order valence-electron chi connectivity index (χ3n) is 3.99. The Bertz CT molecular complexity index is 637. The topological polar surface area (TPSA) is 65.5 Å². The van der Waals surface area contributed by atoms with E-state index < -0.39 is 6.09 Å². The summed E-state index contributed by atoms with van der Waals surface area (Å²) in [5.74, 6) is 0.975. The summed E-state index contributed by atoms with van der Waals surface area (Å²) in [5.41, 5.74) is 2.27. The van der Waals surface area contributed by atoms with Gasteiger partial charge in [-0.2, -0.15) is 0 Å². The highest BCUT2D eigenvalue weighted by Gasteiger charge is 2.23. The molecule has 0 unspecified atom stereocenters. The van der Waals surface area contributed by atoms with Crippen LogP contribution in [0.25, 0.3) is 11.1 Å². The van der Waals surface area contributed by atoms with Crippen LogP contribution < -0.4 is 10.2 Å². The van der Waals surface area contributed by atoms with Gasteiger partial charge in [0.2, 0.25) is 0 Å². The summed E-state index contributed by atoms with van der Waals surface area (Å²) in [5, 5.41) is 11.4. The fraction of sp³-hybridized carbons (Fsp3) is 0.294. The Balaban J connectivity index is 1.78.